The predicted octanol–water partition coefficient (Wildman–Crippen LogP) is 9.07. The van der Waals surface area contributed by atoms with Crippen molar-refractivity contribution < 1.29 is 0 Å². The molecular weight excluding hydrogens is 423 g/mol. The highest BCUT2D eigenvalue weighted by Gasteiger charge is 2.38. The molecule has 0 aromatic heterocycles. The van der Waals surface area contributed by atoms with Crippen LogP contribution in [0.1, 0.15) is 128 Å². The third kappa shape index (κ3) is 6.88. The van der Waals surface area contributed by atoms with Crippen molar-refractivity contribution in [1.29, 1.82) is 0 Å². The van der Waals surface area contributed by atoms with Gasteiger partial charge < -0.3 is 0 Å². The average Bonchev–Trinajstić information content (AvgIpc) is 2.81. The molecule has 0 spiro atoms. The second kappa shape index (κ2) is 12.3. The molecule has 0 aromatic carbocycles. The molecule has 0 amide bonds. The lowest BCUT2D eigenvalue weighted by molar-refractivity contribution is 0.138. The molecule has 4 rings (SSSR count). The van der Waals surface area contributed by atoms with Crippen LogP contribution in [0.3, 0.4) is 0 Å². The van der Waals surface area contributed by atoms with Gasteiger partial charge in [-0.2, -0.15) is 0 Å². The van der Waals surface area contributed by atoms with Gasteiger partial charge in [0.05, 0.1) is 0 Å². The summed E-state index contributed by atoms with van der Waals surface area (Å²) in [7, 11) is -1.79. The summed E-state index contributed by atoms with van der Waals surface area (Å²) in [6.45, 7) is 7.71. The van der Waals surface area contributed by atoms with Crippen LogP contribution in [0.5, 0.6) is 0 Å². The van der Waals surface area contributed by atoms with Crippen LogP contribution in [0.15, 0.2) is 0 Å². The van der Waals surface area contributed by atoms with Crippen LogP contribution in [0, 0.1) is 5.25 Å². The average molecular weight is 477 g/mol. The molecule has 32 heavy (non-hydrogen) atoms. The molecule has 4 heteroatoms. The molecule has 0 radical (unpaired) electrons. The third-order valence-corrected chi connectivity index (χ3v) is 14.3. The van der Waals surface area contributed by atoms with Gasteiger partial charge in [0.2, 0.25) is 0 Å². The lowest BCUT2D eigenvalue weighted by Crippen LogP contribution is -2.48. The molecular formula is C28H53N2PSi. The summed E-state index contributed by atoms with van der Waals surface area (Å²) in [5.74, 6) is 0. The minimum atomic E-state index is -1.40. The van der Waals surface area contributed by atoms with E-state index in [-0.39, 0.29) is 7.68 Å². The van der Waals surface area contributed by atoms with Crippen molar-refractivity contribution in [1.82, 2.24) is 9.34 Å². The lowest BCUT2D eigenvalue weighted by atomic mass is 9.90. The molecule has 0 bridgehead atoms. The zero-order valence-corrected chi connectivity index (χ0v) is 23.7. The van der Waals surface area contributed by atoms with Gasteiger partial charge in [-0.25, -0.2) is 9.34 Å². The molecule has 0 aromatic rings. The molecule has 0 N–H and O–H groups in total. The molecule has 184 valence electrons. The first-order valence-corrected chi connectivity index (χ1v) is 19.4. The van der Waals surface area contributed by atoms with E-state index in [1.54, 1.807) is 0 Å². The van der Waals surface area contributed by atoms with Crippen LogP contribution >= 0.6 is 7.68 Å². The topological polar surface area (TPSA) is 6.48 Å². The van der Waals surface area contributed by atoms with Gasteiger partial charge in [0.1, 0.15) is 8.07 Å². The van der Waals surface area contributed by atoms with E-state index in [2.05, 4.69) is 34.2 Å². The number of hydrogen-bond donors (Lipinski definition) is 0. The Morgan fingerprint density at radius 1 is 0.469 bits per heavy atom. The van der Waals surface area contributed by atoms with Crippen molar-refractivity contribution >= 4 is 15.8 Å². The fraction of sp³-hybridized carbons (Fsp3) is 0.964. The highest BCUT2D eigenvalue weighted by atomic mass is 31.1. The normalized spacial score (nSPS) is 25.9. The van der Waals surface area contributed by atoms with Crippen LogP contribution in [-0.2, 0) is 0 Å². The van der Waals surface area contributed by atoms with Gasteiger partial charge in [-0.1, -0.05) is 96.7 Å². The van der Waals surface area contributed by atoms with Gasteiger partial charge in [-0.3, -0.25) is 0 Å². The minimum Gasteiger partial charge on any atom is -0.241 e. The molecule has 0 unspecified atom stereocenters. The van der Waals surface area contributed by atoms with Crippen molar-refractivity contribution in [3.8, 4) is 5.25 Å². The van der Waals surface area contributed by atoms with Crippen molar-refractivity contribution in [2.45, 2.75) is 172 Å². The van der Waals surface area contributed by atoms with Gasteiger partial charge >= 0.3 is 0 Å². The molecule has 0 atom stereocenters. The summed E-state index contributed by atoms with van der Waals surface area (Å²) in [5.41, 5.74) is 0. The van der Waals surface area contributed by atoms with Crippen LogP contribution < -0.4 is 0 Å². The van der Waals surface area contributed by atoms with Crippen LogP contribution in [0.2, 0.25) is 19.6 Å². The molecule has 4 aliphatic rings. The van der Waals surface area contributed by atoms with Crippen LogP contribution in [0.4, 0.5) is 0 Å². The number of hydrogen-bond acceptors (Lipinski definition) is 2. The first-order chi connectivity index (χ1) is 15.5. The Morgan fingerprint density at radius 3 is 0.938 bits per heavy atom. The summed E-state index contributed by atoms with van der Waals surface area (Å²) in [5, 5.41) is 4.50. The van der Waals surface area contributed by atoms with E-state index < -0.39 is 8.07 Å². The molecule has 0 heterocycles. The standard InChI is InChI=1S/C28H53N2PSi/c1-32(2,3)24-31(29(25-16-8-4-9-17-25)26-18-10-5-11-19-26)30(27-20-12-6-13-21-27)28-22-14-7-15-23-28/h25-28H,4-23H2,1-3H3. The minimum absolute atomic E-state index is 0.389. The Bertz CT molecular complexity index is 556. The van der Waals surface area contributed by atoms with Gasteiger partial charge in [-0.15, -0.1) is 5.25 Å². The molecule has 4 saturated carbocycles. The SMILES string of the molecule is C[Si](C)(C)C#P(N(C1CCCCC1)C1CCCCC1)N(C1CCCCC1)C1CCCCC1. The fourth-order valence-corrected chi connectivity index (χ4v) is 12.9. The quantitative estimate of drug-likeness (QED) is 0.295. The Kier molecular flexibility index (Phi) is 9.70. The highest BCUT2D eigenvalue weighted by Crippen LogP contribution is 2.49. The Labute approximate surface area is 202 Å². The summed E-state index contributed by atoms with van der Waals surface area (Å²) < 4.78 is 6.43. The largest absolute Gasteiger partial charge is 0.241 e. The summed E-state index contributed by atoms with van der Waals surface area (Å²) in [6.07, 6.45) is 29.4. The molecule has 4 aliphatic carbocycles. The van der Waals surface area contributed by atoms with E-state index in [4.69, 9.17) is 0 Å². The van der Waals surface area contributed by atoms with E-state index >= 15 is 0 Å². The van der Waals surface area contributed by atoms with Crippen molar-refractivity contribution in [3.05, 3.63) is 0 Å². The molecule has 0 aliphatic heterocycles. The zero-order chi connectivity index (χ0) is 22.4. The van der Waals surface area contributed by atoms with Crippen molar-refractivity contribution in [2.75, 3.05) is 0 Å². The maximum atomic E-state index is 4.50. The van der Waals surface area contributed by atoms with E-state index in [9.17, 15) is 0 Å². The first-order valence-electron chi connectivity index (χ1n) is 14.7. The van der Waals surface area contributed by atoms with Gasteiger partial charge in [0.25, 0.3) is 0 Å². The third-order valence-electron chi connectivity index (χ3n) is 8.67. The maximum absolute atomic E-state index is 4.50. The van der Waals surface area contributed by atoms with Gasteiger partial charge in [0.15, 0.2) is 0 Å². The Balaban J connectivity index is 1.76. The lowest BCUT2D eigenvalue weighted by Gasteiger charge is -2.50. The second-order valence-corrected chi connectivity index (χ2v) is 19.5. The van der Waals surface area contributed by atoms with E-state index in [0.29, 0.717) is 0 Å². The zero-order valence-electron chi connectivity index (χ0n) is 21.8. The van der Waals surface area contributed by atoms with Crippen LogP contribution in [0.25, 0.3) is 0 Å². The van der Waals surface area contributed by atoms with Crippen molar-refractivity contribution in [3.63, 3.8) is 0 Å². The second-order valence-electron chi connectivity index (χ2n) is 12.6. The fourth-order valence-electron chi connectivity index (χ4n) is 7.13. The monoisotopic (exact) mass is 476 g/mol. The Morgan fingerprint density at radius 2 is 0.719 bits per heavy atom. The van der Waals surface area contributed by atoms with Crippen molar-refractivity contribution in [2.24, 2.45) is 0 Å². The predicted molar refractivity (Wildman–Crippen MR) is 145 cm³/mol. The number of rotatable bonds is 4. The first kappa shape index (κ1) is 25.3. The maximum Gasteiger partial charge on any atom is 0.127 e. The summed E-state index contributed by atoms with van der Waals surface area (Å²) in [4.78, 5) is 0. The Hall–Kier alpha value is 0.217. The van der Waals surface area contributed by atoms with Gasteiger partial charge in [0, 0.05) is 31.8 Å². The van der Waals surface area contributed by atoms with Crippen LogP contribution in [-0.4, -0.2) is 41.6 Å². The van der Waals surface area contributed by atoms with E-state index in [0.717, 1.165) is 24.2 Å². The highest BCUT2D eigenvalue weighted by molar-refractivity contribution is 7.44. The molecule has 4 fully saturated rings. The van der Waals surface area contributed by atoms with E-state index in [1.165, 1.54) is 128 Å². The molecule has 2 nitrogen and oxygen atoms in total. The van der Waals surface area contributed by atoms with Gasteiger partial charge in [-0.05, 0) is 51.4 Å². The summed E-state index contributed by atoms with van der Waals surface area (Å²) >= 11 is 0. The summed E-state index contributed by atoms with van der Waals surface area (Å²) in [6, 6.07) is 3.38. The number of nitrogens with zero attached hydrogens (tertiary/aromatic N) is 2. The smallest absolute Gasteiger partial charge is 0.127 e. The molecule has 0 saturated heterocycles. The van der Waals surface area contributed by atoms with E-state index in [1.807, 2.05) is 0 Å².